The van der Waals surface area contributed by atoms with Crippen molar-refractivity contribution in [2.75, 3.05) is 0 Å². The first-order chi connectivity index (χ1) is 9.07. The highest BCUT2D eigenvalue weighted by atomic mass is 14.4. The summed E-state index contributed by atoms with van der Waals surface area (Å²) in [6.07, 6.45) is 1.21. The molecule has 0 heterocycles. The number of fused-ring (bicyclic) bond motifs is 1. The van der Waals surface area contributed by atoms with Gasteiger partial charge in [0.05, 0.1) is 0 Å². The van der Waals surface area contributed by atoms with E-state index in [-0.39, 0.29) is 0 Å². The van der Waals surface area contributed by atoms with Crippen LogP contribution in [0.4, 0.5) is 0 Å². The molecule has 0 N–H and O–H groups in total. The summed E-state index contributed by atoms with van der Waals surface area (Å²) in [5, 5.41) is 0. The highest BCUT2D eigenvalue weighted by Gasteiger charge is 2.39. The summed E-state index contributed by atoms with van der Waals surface area (Å²) in [6, 6.07) is 20.0. The summed E-state index contributed by atoms with van der Waals surface area (Å²) in [7, 11) is 0. The van der Waals surface area contributed by atoms with Crippen molar-refractivity contribution in [2.45, 2.75) is 33.1 Å². The van der Waals surface area contributed by atoms with Gasteiger partial charge in [-0.3, -0.25) is 0 Å². The quantitative estimate of drug-likeness (QED) is 0.665. The number of benzene rings is 2. The first kappa shape index (κ1) is 12.5. The Labute approximate surface area is 116 Å². The lowest BCUT2D eigenvalue weighted by Crippen LogP contribution is -2.25. The van der Waals surface area contributed by atoms with Gasteiger partial charge in [-0.05, 0) is 34.4 Å². The van der Waals surface area contributed by atoms with Crippen LogP contribution < -0.4 is 0 Å². The van der Waals surface area contributed by atoms with E-state index in [1.54, 1.807) is 0 Å². The van der Waals surface area contributed by atoms with Gasteiger partial charge in [0.25, 0.3) is 0 Å². The zero-order chi connectivity index (χ0) is 13.5. The Kier molecular flexibility index (Phi) is 2.97. The molecule has 0 heteroatoms. The molecule has 1 aliphatic rings. The van der Waals surface area contributed by atoms with Crippen LogP contribution >= 0.6 is 0 Å². The lowest BCUT2D eigenvalue weighted by Gasteiger charge is -2.33. The van der Waals surface area contributed by atoms with Crippen LogP contribution in [0.15, 0.2) is 54.6 Å². The minimum atomic E-state index is 0.333. The molecular weight excluding hydrogens is 228 g/mol. The van der Waals surface area contributed by atoms with Gasteiger partial charge < -0.3 is 0 Å². The van der Waals surface area contributed by atoms with Crippen LogP contribution in [-0.4, -0.2) is 0 Å². The van der Waals surface area contributed by atoms with E-state index in [1.165, 1.54) is 23.1 Å². The van der Waals surface area contributed by atoms with Gasteiger partial charge in [-0.2, -0.15) is 0 Å². The molecule has 0 bridgehead atoms. The Morgan fingerprint density at radius 3 is 2.16 bits per heavy atom. The summed E-state index contributed by atoms with van der Waals surface area (Å²) >= 11 is 0. The third kappa shape index (κ3) is 2.20. The normalized spacial score (nSPS) is 22.3. The zero-order valence-electron chi connectivity index (χ0n) is 12.1. The fourth-order valence-corrected chi connectivity index (χ4v) is 3.47. The second-order valence-electron chi connectivity index (χ2n) is 6.76. The fraction of sp³-hybridized carbons (Fsp3) is 0.368. The van der Waals surface area contributed by atoms with E-state index < -0.39 is 0 Å². The zero-order valence-corrected chi connectivity index (χ0v) is 12.1. The van der Waals surface area contributed by atoms with E-state index in [0.717, 1.165) is 0 Å². The topological polar surface area (TPSA) is 0 Å². The first-order valence-electron chi connectivity index (χ1n) is 7.20. The maximum absolute atomic E-state index is 2.37. The third-order valence-electron chi connectivity index (χ3n) is 4.50. The van der Waals surface area contributed by atoms with Crippen molar-refractivity contribution in [1.82, 2.24) is 0 Å². The average Bonchev–Trinajstić information content (AvgIpc) is 2.79. The summed E-state index contributed by atoms with van der Waals surface area (Å²) < 4.78 is 0. The molecule has 1 aliphatic carbocycles. The minimum absolute atomic E-state index is 0.333. The second-order valence-corrected chi connectivity index (χ2v) is 6.76. The van der Waals surface area contributed by atoms with Crippen molar-refractivity contribution >= 4 is 0 Å². The van der Waals surface area contributed by atoms with Gasteiger partial charge in [0.2, 0.25) is 0 Å². The molecule has 0 radical (unpaired) electrons. The molecule has 0 aromatic heterocycles. The molecule has 2 aromatic rings. The van der Waals surface area contributed by atoms with E-state index in [2.05, 4.69) is 75.4 Å². The Bertz CT molecular complexity index is 560. The summed E-state index contributed by atoms with van der Waals surface area (Å²) in [6.45, 7) is 7.12. The average molecular weight is 250 g/mol. The van der Waals surface area contributed by atoms with Gasteiger partial charge in [-0.1, -0.05) is 75.4 Å². The summed E-state index contributed by atoms with van der Waals surface area (Å²) in [5.74, 6) is 1.24. The Morgan fingerprint density at radius 1 is 0.842 bits per heavy atom. The third-order valence-corrected chi connectivity index (χ3v) is 4.50. The van der Waals surface area contributed by atoms with Crippen LogP contribution in [0.3, 0.4) is 0 Å². The van der Waals surface area contributed by atoms with Crippen LogP contribution in [0, 0.1) is 11.3 Å². The molecule has 0 aliphatic heterocycles. The number of hydrogen-bond donors (Lipinski definition) is 0. The van der Waals surface area contributed by atoms with E-state index in [0.29, 0.717) is 17.3 Å². The fourth-order valence-electron chi connectivity index (χ4n) is 3.47. The SMILES string of the molecule is CC(C)(C)C1Cc2ccccc2C1c1ccccc1. The Balaban J connectivity index is 2.11. The number of hydrogen-bond acceptors (Lipinski definition) is 0. The molecule has 0 spiro atoms. The smallest absolute Gasteiger partial charge is 0.0128 e. The van der Waals surface area contributed by atoms with E-state index in [9.17, 15) is 0 Å². The molecule has 0 saturated carbocycles. The number of rotatable bonds is 1. The molecular formula is C19H22. The Morgan fingerprint density at radius 2 is 1.47 bits per heavy atom. The van der Waals surface area contributed by atoms with Crippen LogP contribution in [0.5, 0.6) is 0 Å². The molecule has 0 amide bonds. The van der Waals surface area contributed by atoms with Crippen molar-refractivity contribution in [3.8, 4) is 0 Å². The summed E-state index contributed by atoms with van der Waals surface area (Å²) in [4.78, 5) is 0. The van der Waals surface area contributed by atoms with Crippen LogP contribution in [0.1, 0.15) is 43.4 Å². The van der Waals surface area contributed by atoms with E-state index in [4.69, 9.17) is 0 Å². The first-order valence-corrected chi connectivity index (χ1v) is 7.20. The lowest BCUT2D eigenvalue weighted by molar-refractivity contribution is 0.230. The predicted octanol–water partition coefficient (Wildman–Crippen LogP) is 5.04. The largest absolute Gasteiger partial charge is 0.0622 e. The van der Waals surface area contributed by atoms with Crippen LogP contribution in [0.25, 0.3) is 0 Å². The maximum atomic E-state index is 2.37. The van der Waals surface area contributed by atoms with Gasteiger partial charge >= 0.3 is 0 Å². The Hall–Kier alpha value is -1.56. The van der Waals surface area contributed by atoms with Gasteiger partial charge in [0, 0.05) is 5.92 Å². The molecule has 19 heavy (non-hydrogen) atoms. The standard InChI is InChI=1S/C19H22/c1-19(2,3)17-13-15-11-7-8-12-16(15)18(17)14-9-5-4-6-10-14/h4-12,17-18H,13H2,1-3H3. The van der Waals surface area contributed by atoms with Gasteiger partial charge in [0.1, 0.15) is 0 Å². The minimum Gasteiger partial charge on any atom is -0.0622 e. The molecule has 2 atom stereocenters. The lowest BCUT2D eigenvalue weighted by atomic mass is 9.71. The van der Waals surface area contributed by atoms with Gasteiger partial charge in [-0.25, -0.2) is 0 Å². The molecule has 0 saturated heterocycles. The highest BCUT2D eigenvalue weighted by molar-refractivity contribution is 5.44. The van der Waals surface area contributed by atoms with Crippen molar-refractivity contribution in [2.24, 2.45) is 11.3 Å². The molecule has 2 unspecified atom stereocenters. The second kappa shape index (κ2) is 4.52. The molecule has 0 nitrogen and oxygen atoms in total. The van der Waals surface area contributed by atoms with Gasteiger partial charge in [0.15, 0.2) is 0 Å². The van der Waals surface area contributed by atoms with Gasteiger partial charge in [-0.15, -0.1) is 0 Å². The monoisotopic (exact) mass is 250 g/mol. The van der Waals surface area contributed by atoms with Crippen LogP contribution in [-0.2, 0) is 6.42 Å². The van der Waals surface area contributed by atoms with Crippen molar-refractivity contribution in [3.63, 3.8) is 0 Å². The van der Waals surface area contributed by atoms with E-state index in [1.807, 2.05) is 0 Å². The van der Waals surface area contributed by atoms with Crippen LogP contribution in [0.2, 0.25) is 0 Å². The van der Waals surface area contributed by atoms with Crippen molar-refractivity contribution in [3.05, 3.63) is 71.3 Å². The van der Waals surface area contributed by atoms with Crippen molar-refractivity contribution in [1.29, 1.82) is 0 Å². The molecule has 0 fully saturated rings. The molecule has 2 aromatic carbocycles. The summed E-state index contributed by atoms with van der Waals surface area (Å²) in [5.41, 5.74) is 4.87. The molecule has 98 valence electrons. The predicted molar refractivity (Wildman–Crippen MR) is 81.4 cm³/mol. The highest BCUT2D eigenvalue weighted by Crippen LogP contribution is 2.49. The van der Waals surface area contributed by atoms with E-state index >= 15 is 0 Å². The maximum Gasteiger partial charge on any atom is 0.0128 e. The van der Waals surface area contributed by atoms with Crippen molar-refractivity contribution < 1.29 is 0 Å². The molecule has 3 rings (SSSR count).